The van der Waals surface area contributed by atoms with E-state index in [2.05, 4.69) is 17.6 Å². The minimum Gasteiger partial charge on any atom is -0.387 e. The third-order valence-electron chi connectivity index (χ3n) is 3.09. The van der Waals surface area contributed by atoms with Gasteiger partial charge in [-0.2, -0.15) is 5.26 Å². The molecule has 118 valence electrons. The van der Waals surface area contributed by atoms with E-state index >= 15 is 0 Å². The first-order chi connectivity index (χ1) is 10.7. The molecule has 1 amide bonds. The lowest BCUT2D eigenvalue weighted by Gasteiger charge is -2.06. The largest absolute Gasteiger partial charge is 0.387 e. The number of carbonyl (C=O) groups excluding carboxylic acids is 1. The maximum atomic E-state index is 12.0. The Balaban J connectivity index is 2.57. The third kappa shape index (κ3) is 6.42. The number of nitrogens with zero attached hydrogens (tertiary/aromatic N) is 1. The Morgan fingerprint density at radius 2 is 2.09 bits per heavy atom. The van der Waals surface area contributed by atoms with Crippen LogP contribution in [0.1, 0.15) is 25.3 Å². The number of hydrogen-bond acceptors (Lipinski definition) is 4. The minimum atomic E-state index is -0.422. The molecule has 0 fully saturated rings. The molecule has 0 saturated heterocycles. The van der Waals surface area contributed by atoms with E-state index in [1.165, 1.54) is 11.8 Å². The average Bonchev–Trinajstić information content (AvgIpc) is 2.54. The molecule has 22 heavy (non-hydrogen) atoms. The molecule has 0 saturated carbocycles. The first-order valence-electron chi connectivity index (χ1n) is 7.44. The van der Waals surface area contributed by atoms with E-state index in [-0.39, 0.29) is 5.57 Å². The topological polar surface area (TPSA) is 74.2 Å². The Labute approximate surface area is 132 Å². The Hall–Kier alpha value is -2.32. The van der Waals surface area contributed by atoms with Crippen LogP contribution in [0.25, 0.3) is 0 Å². The highest BCUT2D eigenvalue weighted by molar-refractivity contribution is 6.06. The van der Waals surface area contributed by atoms with Gasteiger partial charge in [-0.3, -0.25) is 4.79 Å². The van der Waals surface area contributed by atoms with Crippen LogP contribution in [0.5, 0.6) is 0 Å². The van der Waals surface area contributed by atoms with E-state index in [1.54, 1.807) is 7.11 Å². The number of unbranched alkanes of at least 4 members (excludes halogenated alkanes) is 1. The van der Waals surface area contributed by atoms with Crippen LogP contribution in [-0.4, -0.2) is 26.2 Å². The second-order valence-electron chi connectivity index (χ2n) is 4.87. The summed E-state index contributed by atoms with van der Waals surface area (Å²) in [4.78, 5) is 12.0. The van der Waals surface area contributed by atoms with Crippen LogP contribution in [0.4, 0.5) is 5.69 Å². The number of ether oxygens (including phenoxy) is 1. The number of amides is 1. The van der Waals surface area contributed by atoms with Crippen LogP contribution in [-0.2, 0) is 16.0 Å². The maximum Gasteiger partial charge on any atom is 0.267 e. The number of aryl methyl sites for hydroxylation is 1. The molecule has 0 radical (unpaired) electrons. The monoisotopic (exact) mass is 301 g/mol. The smallest absolute Gasteiger partial charge is 0.267 e. The number of nitriles is 1. The number of hydrogen-bond donors (Lipinski definition) is 2. The SMILES string of the molecule is CCCCc1ccc(NC(=O)/C(C#N)=C\NCCOC)cc1. The van der Waals surface area contributed by atoms with Gasteiger partial charge in [0.15, 0.2) is 0 Å². The number of anilines is 1. The number of nitrogens with one attached hydrogen (secondary N) is 2. The Bertz CT molecular complexity index is 530. The zero-order valence-electron chi connectivity index (χ0n) is 13.2. The minimum absolute atomic E-state index is 0.0335. The quantitative estimate of drug-likeness (QED) is 0.418. The van der Waals surface area contributed by atoms with Crippen LogP contribution in [0, 0.1) is 11.3 Å². The first kappa shape index (κ1) is 17.7. The van der Waals surface area contributed by atoms with Crippen molar-refractivity contribution in [3.05, 3.63) is 41.6 Å². The third-order valence-corrected chi connectivity index (χ3v) is 3.09. The molecule has 5 heteroatoms. The lowest BCUT2D eigenvalue weighted by molar-refractivity contribution is -0.112. The zero-order chi connectivity index (χ0) is 16.2. The van der Waals surface area contributed by atoms with Crippen LogP contribution in [0.2, 0.25) is 0 Å². The summed E-state index contributed by atoms with van der Waals surface area (Å²) in [6, 6.07) is 9.59. The number of carbonyl (C=O) groups is 1. The van der Waals surface area contributed by atoms with E-state index in [4.69, 9.17) is 10.00 Å². The summed E-state index contributed by atoms with van der Waals surface area (Å²) < 4.78 is 4.88. The Kier molecular flexibility index (Phi) is 8.39. The molecule has 0 unspecified atom stereocenters. The van der Waals surface area contributed by atoms with Crippen molar-refractivity contribution in [2.24, 2.45) is 0 Å². The van der Waals surface area contributed by atoms with Gasteiger partial charge in [-0.25, -0.2) is 0 Å². The van der Waals surface area contributed by atoms with E-state index < -0.39 is 5.91 Å². The summed E-state index contributed by atoms with van der Waals surface area (Å²) in [6.45, 7) is 3.21. The second kappa shape index (κ2) is 10.4. The lowest BCUT2D eigenvalue weighted by atomic mass is 10.1. The zero-order valence-corrected chi connectivity index (χ0v) is 13.2. The van der Waals surface area contributed by atoms with Crippen LogP contribution >= 0.6 is 0 Å². The van der Waals surface area contributed by atoms with Gasteiger partial charge < -0.3 is 15.4 Å². The van der Waals surface area contributed by atoms with Gasteiger partial charge in [0.2, 0.25) is 0 Å². The van der Waals surface area contributed by atoms with Crippen molar-refractivity contribution < 1.29 is 9.53 Å². The summed E-state index contributed by atoms with van der Waals surface area (Å²) in [5.74, 6) is -0.422. The molecule has 2 N–H and O–H groups in total. The number of rotatable bonds is 9. The van der Waals surface area contributed by atoms with Gasteiger partial charge in [0.1, 0.15) is 11.6 Å². The average molecular weight is 301 g/mol. The van der Waals surface area contributed by atoms with Crippen molar-refractivity contribution in [2.45, 2.75) is 26.2 Å². The molecule has 0 atom stereocenters. The highest BCUT2D eigenvalue weighted by Gasteiger charge is 2.08. The Morgan fingerprint density at radius 3 is 2.68 bits per heavy atom. The fourth-order valence-electron chi connectivity index (χ4n) is 1.82. The first-order valence-corrected chi connectivity index (χ1v) is 7.44. The number of benzene rings is 1. The van der Waals surface area contributed by atoms with E-state index in [0.717, 1.165) is 19.3 Å². The molecule has 0 heterocycles. The standard InChI is InChI=1S/C17H23N3O2/c1-3-4-5-14-6-8-16(9-7-14)20-17(21)15(12-18)13-19-10-11-22-2/h6-9,13,19H,3-5,10-11H2,1-2H3,(H,20,21)/b15-13-. The molecule has 1 rings (SSSR count). The molecule has 5 nitrogen and oxygen atoms in total. The maximum absolute atomic E-state index is 12.0. The van der Waals surface area contributed by atoms with Gasteiger partial charge in [-0.1, -0.05) is 25.5 Å². The summed E-state index contributed by atoms with van der Waals surface area (Å²) in [7, 11) is 1.59. The van der Waals surface area contributed by atoms with Crippen LogP contribution in [0.3, 0.4) is 0 Å². The molecule has 0 aromatic heterocycles. The summed E-state index contributed by atoms with van der Waals surface area (Å²) in [5, 5.41) is 14.6. The van der Waals surface area contributed by atoms with Gasteiger partial charge in [-0.05, 0) is 30.5 Å². The van der Waals surface area contributed by atoms with Gasteiger partial charge in [0.25, 0.3) is 5.91 Å². The lowest BCUT2D eigenvalue weighted by Crippen LogP contribution is -2.18. The summed E-state index contributed by atoms with van der Waals surface area (Å²) in [6.07, 6.45) is 4.76. The van der Waals surface area contributed by atoms with Crippen molar-refractivity contribution in [1.29, 1.82) is 5.26 Å². The number of methoxy groups -OCH3 is 1. The van der Waals surface area contributed by atoms with Crippen LogP contribution in [0.15, 0.2) is 36.0 Å². The van der Waals surface area contributed by atoms with E-state index in [0.29, 0.717) is 18.8 Å². The highest BCUT2D eigenvalue weighted by Crippen LogP contribution is 2.12. The van der Waals surface area contributed by atoms with Crippen molar-refractivity contribution in [1.82, 2.24) is 5.32 Å². The van der Waals surface area contributed by atoms with Gasteiger partial charge in [0.05, 0.1) is 6.61 Å². The molecule has 0 aliphatic rings. The van der Waals surface area contributed by atoms with Crippen molar-refractivity contribution >= 4 is 11.6 Å². The van der Waals surface area contributed by atoms with Crippen LogP contribution < -0.4 is 10.6 Å². The normalized spacial score (nSPS) is 10.9. The fourth-order valence-corrected chi connectivity index (χ4v) is 1.82. The van der Waals surface area contributed by atoms with Crippen molar-refractivity contribution in [3.8, 4) is 6.07 Å². The molecule has 0 aliphatic heterocycles. The fraction of sp³-hybridized carbons (Fsp3) is 0.412. The predicted molar refractivity (Wildman–Crippen MR) is 87.3 cm³/mol. The van der Waals surface area contributed by atoms with Crippen molar-refractivity contribution in [3.63, 3.8) is 0 Å². The Morgan fingerprint density at radius 1 is 1.36 bits per heavy atom. The molecule has 0 spiro atoms. The molecular formula is C17H23N3O2. The second-order valence-corrected chi connectivity index (χ2v) is 4.87. The highest BCUT2D eigenvalue weighted by atomic mass is 16.5. The molecule has 1 aromatic carbocycles. The van der Waals surface area contributed by atoms with Crippen molar-refractivity contribution in [2.75, 3.05) is 25.6 Å². The summed E-state index contributed by atoms with van der Waals surface area (Å²) >= 11 is 0. The predicted octanol–water partition coefficient (Wildman–Crippen LogP) is 2.61. The molecule has 0 aliphatic carbocycles. The van der Waals surface area contributed by atoms with Gasteiger partial charge in [-0.15, -0.1) is 0 Å². The van der Waals surface area contributed by atoms with Gasteiger partial charge in [0, 0.05) is 25.5 Å². The molecule has 0 bridgehead atoms. The van der Waals surface area contributed by atoms with E-state index in [9.17, 15) is 4.79 Å². The summed E-state index contributed by atoms with van der Waals surface area (Å²) in [5.41, 5.74) is 1.96. The molecule has 1 aromatic rings. The van der Waals surface area contributed by atoms with Gasteiger partial charge >= 0.3 is 0 Å². The molecular weight excluding hydrogens is 278 g/mol. The van der Waals surface area contributed by atoms with E-state index in [1.807, 2.05) is 30.3 Å².